The summed E-state index contributed by atoms with van der Waals surface area (Å²) in [4.78, 5) is 7.09. The maximum atomic E-state index is 11.7. The van der Waals surface area contributed by atoms with Gasteiger partial charge < -0.3 is 10.3 Å². The van der Waals surface area contributed by atoms with Gasteiger partial charge in [0, 0.05) is 31.1 Å². The molecule has 0 saturated heterocycles. The lowest BCUT2D eigenvalue weighted by molar-refractivity contribution is 0.425. The van der Waals surface area contributed by atoms with E-state index in [-0.39, 0.29) is 6.04 Å². The third kappa shape index (κ3) is 2.62. The molecule has 1 atom stereocenters. The smallest absolute Gasteiger partial charge is 0.154 e. The van der Waals surface area contributed by atoms with Crippen molar-refractivity contribution in [1.29, 1.82) is 0 Å². The largest absolute Gasteiger partial charge is 0.349 e. The third-order valence-corrected chi connectivity index (χ3v) is 5.29. The minimum absolute atomic E-state index is 0.173. The number of H-pyrrole nitrogens is 1. The zero-order valence-electron chi connectivity index (χ0n) is 10.1. The van der Waals surface area contributed by atoms with Crippen LogP contribution in [-0.4, -0.2) is 42.5 Å². The quantitative estimate of drug-likeness (QED) is 0.785. The molecule has 16 heavy (non-hydrogen) atoms. The predicted molar refractivity (Wildman–Crippen MR) is 64.1 cm³/mol. The van der Waals surface area contributed by atoms with Gasteiger partial charge >= 0.3 is 0 Å². The number of nitrogens with zero attached hydrogens (tertiary/aromatic N) is 1. The molecule has 0 saturated carbocycles. The monoisotopic (exact) mass is 245 g/mol. The summed E-state index contributed by atoms with van der Waals surface area (Å²) in [7, 11) is -1.36. The zero-order valence-corrected chi connectivity index (χ0v) is 10.9. The van der Waals surface area contributed by atoms with E-state index in [9.17, 15) is 8.42 Å². The average Bonchev–Trinajstić information content (AvgIpc) is 2.64. The number of sulfone groups is 1. The van der Waals surface area contributed by atoms with Crippen molar-refractivity contribution in [3.05, 3.63) is 18.2 Å². The van der Waals surface area contributed by atoms with Crippen LogP contribution in [0.4, 0.5) is 0 Å². The van der Waals surface area contributed by atoms with Crippen molar-refractivity contribution in [2.45, 2.75) is 31.1 Å². The second-order valence-electron chi connectivity index (χ2n) is 4.46. The van der Waals surface area contributed by atoms with Gasteiger partial charge in [-0.2, -0.15) is 0 Å². The van der Waals surface area contributed by atoms with Crippen LogP contribution in [0.2, 0.25) is 0 Å². The molecule has 2 N–H and O–H groups in total. The number of hydrogen-bond donors (Lipinski definition) is 2. The number of hydrogen-bond acceptors (Lipinski definition) is 4. The van der Waals surface area contributed by atoms with Gasteiger partial charge in [-0.1, -0.05) is 0 Å². The first-order chi connectivity index (χ1) is 7.29. The van der Waals surface area contributed by atoms with Crippen molar-refractivity contribution in [3.8, 4) is 0 Å². The van der Waals surface area contributed by atoms with E-state index in [0.29, 0.717) is 6.42 Å². The minimum Gasteiger partial charge on any atom is -0.349 e. The van der Waals surface area contributed by atoms with Crippen LogP contribution < -0.4 is 5.32 Å². The third-order valence-electron chi connectivity index (χ3n) is 3.10. The van der Waals surface area contributed by atoms with Gasteiger partial charge in [0.25, 0.3) is 0 Å². The normalized spacial score (nSPS) is 15.0. The van der Waals surface area contributed by atoms with Crippen molar-refractivity contribution >= 4 is 9.84 Å². The highest BCUT2D eigenvalue weighted by Crippen LogP contribution is 2.22. The molecule has 1 heterocycles. The molecule has 5 nitrogen and oxygen atoms in total. The standard InChI is InChI=1S/C10H19N3O2S/c1-10(2,16(4,14)15)8(11-3)7-9-12-5-6-13-9/h5-6,8,11H,7H2,1-4H3,(H,12,13). The number of rotatable bonds is 5. The minimum atomic E-state index is -3.12. The maximum Gasteiger partial charge on any atom is 0.154 e. The van der Waals surface area contributed by atoms with Crippen LogP contribution in [-0.2, 0) is 16.3 Å². The van der Waals surface area contributed by atoms with Crippen LogP contribution in [0.15, 0.2) is 12.4 Å². The first-order valence-electron chi connectivity index (χ1n) is 5.14. The highest BCUT2D eigenvalue weighted by molar-refractivity contribution is 7.92. The number of likely N-dealkylation sites (N-methyl/N-ethyl adjacent to an activating group) is 1. The molecular formula is C10H19N3O2S. The second-order valence-corrected chi connectivity index (χ2v) is 7.05. The molecule has 0 aliphatic rings. The van der Waals surface area contributed by atoms with Crippen LogP contribution >= 0.6 is 0 Å². The summed E-state index contributed by atoms with van der Waals surface area (Å²) in [5.74, 6) is 0.788. The maximum absolute atomic E-state index is 11.7. The molecule has 92 valence electrons. The van der Waals surface area contributed by atoms with E-state index in [0.717, 1.165) is 5.82 Å². The van der Waals surface area contributed by atoms with Gasteiger partial charge in [0.05, 0.1) is 4.75 Å². The lowest BCUT2D eigenvalue weighted by Gasteiger charge is -2.31. The van der Waals surface area contributed by atoms with Crippen molar-refractivity contribution in [2.75, 3.05) is 13.3 Å². The van der Waals surface area contributed by atoms with E-state index in [1.54, 1.807) is 33.3 Å². The molecule has 1 aromatic rings. The van der Waals surface area contributed by atoms with E-state index < -0.39 is 14.6 Å². The van der Waals surface area contributed by atoms with Gasteiger partial charge in [-0.3, -0.25) is 0 Å². The highest BCUT2D eigenvalue weighted by Gasteiger charge is 2.38. The molecule has 0 spiro atoms. The first kappa shape index (κ1) is 13.2. The fourth-order valence-electron chi connectivity index (χ4n) is 1.56. The molecule has 1 rings (SSSR count). The Balaban J connectivity index is 2.91. The molecule has 0 fully saturated rings. The molecule has 0 aromatic carbocycles. The summed E-state index contributed by atoms with van der Waals surface area (Å²) in [6.07, 6.45) is 5.22. The molecule has 0 radical (unpaired) electrons. The molecular weight excluding hydrogens is 226 g/mol. The summed E-state index contributed by atoms with van der Waals surface area (Å²) >= 11 is 0. The predicted octanol–water partition coefficient (Wildman–Crippen LogP) is 0.363. The molecule has 0 aliphatic carbocycles. The van der Waals surface area contributed by atoms with Crippen molar-refractivity contribution in [3.63, 3.8) is 0 Å². The Hall–Kier alpha value is -0.880. The summed E-state index contributed by atoms with van der Waals surface area (Å²) in [6, 6.07) is -0.173. The van der Waals surface area contributed by atoms with Crippen LogP contribution in [0.25, 0.3) is 0 Å². The Morgan fingerprint density at radius 2 is 2.19 bits per heavy atom. The SMILES string of the molecule is CNC(Cc1ncc[nH]1)C(C)(C)S(C)(=O)=O. The van der Waals surface area contributed by atoms with E-state index in [4.69, 9.17) is 0 Å². The highest BCUT2D eigenvalue weighted by atomic mass is 32.2. The van der Waals surface area contributed by atoms with Gasteiger partial charge in [0.2, 0.25) is 0 Å². The lowest BCUT2D eigenvalue weighted by Crippen LogP contribution is -2.51. The van der Waals surface area contributed by atoms with Crippen molar-refractivity contribution in [2.24, 2.45) is 0 Å². The van der Waals surface area contributed by atoms with Gasteiger partial charge in [0.15, 0.2) is 9.84 Å². The molecule has 6 heteroatoms. The van der Waals surface area contributed by atoms with Crippen molar-refractivity contribution < 1.29 is 8.42 Å². The van der Waals surface area contributed by atoms with E-state index in [2.05, 4.69) is 15.3 Å². The van der Waals surface area contributed by atoms with E-state index >= 15 is 0 Å². The Bertz CT molecular complexity index is 423. The van der Waals surface area contributed by atoms with Crippen LogP contribution in [0.1, 0.15) is 19.7 Å². The Kier molecular flexibility index (Phi) is 3.75. The molecule has 1 aromatic heterocycles. The number of imidazole rings is 1. The van der Waals surface area contributed by atoms with Gasteiger partial charge in [0.1, 0.15) is 5.82 Å². The number of aromatic amines is 1. The first-order valence-corrected chi connectivity index (χ1v) is 7.03. The average molecular weight is 245 g/mol. The summed E-state index contributed by atoms with van der Waals surface area (Å²) < 4.78 is 22.6. The Labute approximate surface area is 96.6 Å². The summed E-state index contributed by atoms with van der Waals surface area (Å²) in [5, 5.41) is 3.05. The van der Waals surface area contributed by atoms with Gasteiger partial charge in [-0.25, -0.2) is 13.4 Å². The Morgan fingerprint density at radius 3 is 2.56 bits per heavy atom. The van der Waals surface area contributed by atoms with Gasteiger partial charge in [-0.15, -0.1) is 0 Å². The molecule has 0 bridgehead atoms. The Morgan fingerprint density at radius 1 is 1.56 bits per heavy atom. The summed E-state index contributed by atoms with van der Waals surface area (Å²) in [5.41, 5.74) is 0. The molecule has 1 unspecified atom stereocenters. The van der Waals surface area contributed by atoms with Gasteiger partial charge in [-0.05, 0) is 20.9 Å². The fourth-order valence-corrected chi connectivity index (χ4v) is 2.27. The second kappa shape index (κ2) is 4.55. The lowest BCUT2D eigenvalue weighted by atomic mass is 10.00. The van der Waals surface area contributed by atoms with Crippen molar-refractivity contribution in [1.82, 2.24) is 15.3 Å². The van der Waals surface area contributed by atoms with E-state index in [1.807, 2.05) is 0 Å². The number of nitrogens with one attached hydrogen (secondary N) is 2. The summed E-state index contributed by atoms with van der Waals surface area (Å²) in [6.45, 7) is 3.46. The fraction of sp³-hybridized carbons (Fsp3) is 0.700. The van der Waals surface area contributed by atoms with Crippen LogP contribution in [0.5, 0.6) is 0 Å². The zero-order chi connectivity index (χ0) is 12.4. The van der Waals surface area contributed by atoms with Crippen LogP contribution in [0, 0.1) is 0 Å². The van der Waals surface area contributed by atoms with Crippen LogP contribution in [0.3, 0.4) is 0 Å². The molecule has 0 amide bonds. The number of aromatic nitrogens is 2. The molecule has 0 aliphatic heterocycles. The topological polar surface area (TPSA) is 74.8 Å². The van der Waals surface area contributed by atoms with E-state index in [1.165, 1.54) is 6.26 Å².